The van der Waals surface area contributed by atoms with Crippen LogP contribution in [-0.4, -0.2) is 37.1 Å². The third kappa shape index (κ3) is 3.71. The van der Waals surface area contributed by atoms with Crippen LogP contribution < -0.4 is 5.32 Å². The van der Waals surface area contributed by atoms with E-state index in [0.717, 1.165) is 0 Å². The number of likely N-dealkylation sites (N-methyl/N-ethyl adjacent to an activating group) is 1. The summed E-state index contributed by atoms with van der Waals surface area (Å²) in [5, 5.41) is 2.56. The van der Waals surface area contributed by atoms with Crippen LogP contribution in [0, 0.1) is 0 Å². The molecule has 5 heteroatoms. The molecule has 0 saturated heterocycles. The van der Waals surface area contributed by atoms with Gasteiger partial charge in [-0.05, 0) is 24.4 Å². The highest BCUT2D eigenvalue weighted by Gasteiger charge is 2.13. The Hall–Kier alpha value is -2.56. The van der Waals surface area contributed by atoms with E-state index in [1.165, 1.54) is 0 Å². The van der Waals surface area contributed by atoms with Gasteiger partial charge in [0.25, 0.3) is 5.91 Å². The van der Waals surface area contributed by atoms with E-state index in [1.54, 1.807) is 36.4 Å². The zero-order valence-electron chi connectivity index (χ0n) is 11.2. The van der Waals surface area contributed by atoms with E-state index in [9.17, 15) is 9.59 Å². The lowest BCUT2D eigenvalue weighted by molar-refractivity contribution is -0.118. The van der Waals surface area contributed by atoms with Crippen molar-refractivity contribution in [3.05, 3.63) is 59.8 Å². The topological polar surface area (TPSA) is 58.6 Å². The Bertz CT molecular complexity index is 549. The third-order valence-electron chi connectivity index (χ3n) is 2.79. The van der Waals surface area contributed by atoms with Gasteiger partial charge in [0.1, 0.15) is 0 Å². The molecule has 104 valence electrons. The van der Waals surface area contributed by atoms with Crippen LogP contribution in [0.1, 0.15) is 10.4 Å². The molecule has 0 atom stereocenters. The number of amides is 1. The molecule has 0 unspecified atom stereocenters. The number of hydrogen-bond donors (Lipinski definition) is 1. The Morgan fingerprint density at radius 3 is 2.75 bits per heavy atom. The predicted molar refractivity (Wildman–Crippen MR) is 74.7 cm³/mol. The summed E-state index contributed by atoms with van der Waals surface area (Å²) < 4.78 is 4.99. The van der Waals surface area contributed by atoms with Gasteiger partial charge < -0.3 is 15.0 Å². The number of allylic oxidation sites excluding steroid dienone is 2. The van der Waals surface area contributed by atoms with Crippen LogP contribution in [0.25, 0.3) is 0 Å². The summed E-state index contributed by atoms with van der Waals surface area (Å²) in [6, 6.07) is 8.65. The van der Waals surface area contributed by atoms with Gasteiger partial charge in [0.05, 0.1) is 5.56 Å². The van der Waals surface area contributed by atoms with Gasteiger partial charge in [-0.2, -0.15) is 0 Å². The van der Waals surface area contributed by atoms with Crippen LogP contribution in [0.2, 0.25) is 0 Å². The first kappa shape index (κ1) is 13.9. The maximum Gasteiger partial charge on any atom is 0.339 e. The fourth-order valence-corrected chi connectivity index (χ4v) is 1.77. The van der Waals surface area contributed by atoms with Crippen molar-refractivity contribution >= 4 is 11.9 Å². The highest BCUT2D eigenvalue weighted by molar-refractivity contribution is 5.94. The first-order valence-electron chi connectivity index (χ1n) is 6.25. The molecule has 20 heavy (non-hydrogen) atoms. The Morgan fingerprint density at radius 2 is 2.05 bits per heavy atom. The first-order chi connectivity index (χ1) is 9.66. The molecule has 0 spiro atoms. The summed E-state index contributed by atoms with van der Waals surface area (Å²) >= 11 is 0. The molecule has 1 aliphatic heterocycles. The quantitative estimate of drug-likeness (QED) is 0.663. The first-order valence-corrected chi connectivity index (χ1v) is 6.25. The van der Waals surface area contributed by atoms with Crippen molar-refractivity contribution in [1.29, 1.82) is 0 Å². The van der Waals surface area contributed by atoms with Crippen molar-refractivity contribution in [3.8, 4) is 0 Å². The largest absolute Gasteiger partial charge is 0.441 e. The second-order valence-corrected chi connectivity index (χ2v) is 4.40. The Balaban J connectivity index is 1.79. The number of nitrogens with zero attached hydrogens (tertiary/aromatic N) is 1. The molecular weight excluding hydrogens is 256 g/mol. The highest BCUT2D eigenvalue weighted by Crippen LogP contribution is 2.05. The molecule has 1 aromatic rings. The highest BCUT2D eigenvalue weighted by atomic mass is 16.5. The minimum atomic E-state index is -0.458. The summed E-state index contributed by atoms with van der Waals surface area (Å²) in [5.41, 5.74) is 1.09. The van der Waals surface area contributed by atoms with E-state index in [0.29, 0.717) is 17.7 Å². The predicted octanol–water partition coefficient (Wildman–Crippen LogP) is 1.30. The average molecular weight is 272 g/mol. The zero-order valence-corrected chi connectivity index (χ0v) is 11.2. The molecule has 0 fully saturated rings. The van der Waals surface area contributed by atoms with Crippen molar-refractivity contribution in [2.75, 3.05) is 20.3 Å². The van der Waals surface area contributed by atoms with Gasteiger partial charge in [-0.25, -0.2) is 4.79 Å². The molecule has 0 aliphatic carbocycles. The van der Waals surface area contributed by atoms with E-state index in [1.807, 2.05) is 24.2 Å². The number of esters is 1. The second-order valence-electron chi connectivity index (χ2n) is 4.40. The lowest BCUT2D eigenvalue weighted by Crippen LogP contribution is -2.33. The van der Waals surface area contributed by atoms with E-state index in [2.05, 4.69) is 5.32 Å². The maximum absolute atomic E-state index is 11.8. The molecule has 0 bridgehead atoms. The van der Waals surface area contributed by atoms with Crippen molar-refractivity contribution in [2.45, 2.75) is 0 Å². The summed E-state index contributed by atoms with van der Waals surface area (Å²) in [6.07, 6.45) is 5.43. The number of carbonyl (C=O) groups excluding carboxylic acids is 2. The Kier molecular flexibility index (Phi) is 4.55. The number of ether oxygens (including phenoxy) is 1. The van der Waals surface area contributed by atoms with Crippen molar-refractivity contribution < 1.29 is 14.3 Å². The van der Waals surface area contributed by atoms with Gasteiger partial charge in [0.2, 0.25) is 0 Å². The second kappa shape index (κ2) is 6.56. The number of benzene rings is 1. The average Bonchev–Trinajstić information content (AvgIpc) is 2.48. The van der Waals surface area contributed by atoms with E-state index < -0.39 is 5.97 Å². The van der Waals surface area contributed by atoms with Crippen LogP contribution in [0.3, 0.4) is 0 Å². The molecule has 0 radical (unpaired) electrons. The lowest BCUT2D eigenvalue weighted by atomic mass is 10.2. The number of nitrogens with one attached hydrogen (secondary N) is 1. The van der Waals surface area contributed by atoms with Gasteiger partial charge >= 0.3 is 5.97 Å². The molecular formula is C15H16N2O3. The Labute approximate surface area is 117 Å². The van der Waals surface area contributed by atoms with Crippen molar-refractivity contribution in [2.24, 2.45) is 0 Å². The lowest BCUT2D eigenvalue weighted by Gasteiger charge is -2.19. The molecule has 1 heterocycles. The minimum absolute atomic E-state index is 0.142. The Morgan fingerprint density at radius 1 is 1.30 bits per heavy atom. The molecule has 0 saturated carbocycles. The van der Waals surface area contributed by atoms with Crippen molar-refractivity contribution in [3.63, 3.8) is 0 Å². The normalized spacial score (nSPS) is 13.7. The standard InChI is InChI=1S/C15H16N2O3/c1-17-9-5-8-13(10-17)14(18)16-11-20-15(19)12-6-3-2-4-7-12/h2-9H,10-11H2,1H3,(H,16,18). The SMILES string of the molecule is CN1C=CC=C(C(=O)NCOC(=O)c2ccccc2)C1. The number of hydrogen-bond acceptors (Lipinski definition) is 4. The number of carbonyl (C=O) groups is 2. The molecule has 0 aromatic heterocycles. The zero-order chi connectivity index (χ0) is 14.4. The van der Waals surface area contributed by atoms with Gasteiger partial charge in [-0.1, -0.05) is 24.3 Å². The van der Waals surface area contributed by atoms with Crippen LogP contribution in [0.15, 0.2) is 54.3 Å². The smallest absolute Gasteiger partial charge is 0.339 e. The van der Waals surface area contributed by atoms with E-state index in [4.69, 9.17) is 4.74 Å². The fraction of sp³-hybridized carbons (Fsp3) is 0.200. The van der Waals surface area contributed by atoms with Crippen LogP contribution >= 0.6 is 0 Å². The summed E-state index contributed by atoms with van der Waals surface area (Å²) in [4.78, 5) is 25.4. The molecule has 1 aromatic carbocycles. The van der Waals surface area contributed by atoms with Crippen LogP contribution in [0.5, 0.6) is 0 Å². The monoisotopic (exact) mass is 272 g/mol. The van der Waals surface area contributed by atoms with Crippen LogP contribution in [-0.2, 0) is 9.53 Å². The van der Waals surface area contributed by atoms with Gasteiger partial charge in [0.15, 0.2) is 6.73 Å². The summed E-state index contributed by atoms with van der Waals surface area (Å²) in [5.74, 6) is -0.692. The molecule has 5 nitrogen and oxygen atoms in total. The van der Waals surface area contributed by atoms with Gasteiger partial charge in [-0.15, -0.1) is 0 Å². The maximum atomic E-state index is 11.8. The molecule has 1 aliphatic rings. The van der Waals surface area contributed by atoms with Crippen LogP contribution in [0.4, 0.5) is 0 Å². The fourth-order valence-electron chi connectivity index (χ4n) is 1.77. The molecule has 1 amide bonds. The van der Waals surface area contributed by atoms with E-state index >= 15 is 0 Å². The summed E-state index contributed by atoms with van der Waals surface area (Å²) in [7, 11) is 1.88. The van der Waals surface area contributed by atoms with E-state index in [-0.39, 0.29) is 12.6 Å². The molecule has 2 rings (SSSR count). The minimum Gasteiger partial charge on any atom is -0.441 e. The number of rotatable bonds is 4. The third-order valence-corrected chi connectivity index (χ3v) is 2.79. The summed E-state index contributed by atoms with van der Waals surface area (Å²) in [6.45, 7) is 0.395. The molecule has 1 N–H and O–H groups in total. The van der Waals surface area contributed by atoms with Crippen molar-refractivity contribution in [1.82, 2.24) is 10.2 Å². The van der Waals surface area contributed by atoms with Gasteiger partial charge in [-0.3, -0.25) is 4.79 Å². The van der Waals surface area contributed by atoms with Gasteiger partial charge in [0, 0.05) is 19.2 Å².